The third-order valence-electron chi connectivity index (χ3n) is 5.04. The van der Waals surface area contributed by atoms with Crippen LogP contribution in [0.5, 0.6) is 0 Å². The average Bonchev–Trinajstić information content (AvgIpc) is 3.30. The van der Waals surface area contributed by atoms with Crippen LogP contribution in [0.2, 0.25) is 5.02 Å². The lowest BCUT2D eigenvalue weighted by molar-refractivity contribution is -0.127. The summed E-state index contributed by atoms with van der Waals surface area (Å²) in [7, 11) is 0. The van der Waals surface area contributed by atoms with Gasteiger partial charge in [0.05, 0.1) is 0 Å². The summed E-state index contributed by atoms with van der Waals surface area (Å²) in [5.74, 6) is -0.328. The highest BCUT2D eigenvalue weighted by molar-refractivity contribution is 6.31. The fraction of sp³-hybridized carbons (Fsp3) is 0.421. The van der Waals surface area contributed by atoms with Gasteiger partial charge < -0.3 is 15.6 Å². The van der Waals surface area contributed by atoms with Crippen LogP contribution in [0.4, 0.5) is 4.79 Å². The molecule has 4 amide bonds. The molecular formula is C19H21ClN4O3. The van der Waals surface area contributed by atoms with Crippen LogP contribution in [0.3, 0.4) is 0 Å². The number of carbonyl (C=O) groups excluding carboxylic acids is 3. The first kappa shape index (κ1) is 17.9. The predicted octanol–water partition coefficient (Wildman–Crippen LogP) is 2.34. The first-order valence-corrected chi connectivity index (χ1v) is 9.56. The highest BCUT2D eigenvalue weighted by Gasteiger charge is 2.37. The van der Waals surface area contributed by atoms with Gasteiger partial charge in [-0.05, 0) is 49.4 Å². The number of aromatic nitrogens is 1. The molecule has 3 N–H and O–H groups in total. The molecule has 4 rings (SSSR count). The van der Waals surface area contributed by atoms with Crippen molar-refractivity contribution in [2.45, 2.75) is 44.2 Å². The number of amides is 4. The van der Waals surface area contributed by atoms with Crippen LogP contribution in [0.25, 0.3) is 10.9 Å². The quantitative estimate of drug-likeness (QED) is 0.635. The third kappa shape index (κ3) is 3.93. The summed E-state index contributed by atoms with van der Waals surface area (Å²) in [4.78, 5) is 40.9. The van der Waals surface area contributed by atoms with Crippen LogP contribution in [0.15, 0.2) is 24.4 Å². The normalized spacial score (nSPS) is 19.6. The summed E-state index contributed by atoms with van der Waals surface area (Å²) in [6, 6.07) is 4.86. The molecule has 0 radical (unpaired) electrons. The smallest absolute Gasteiger partial charge is 0.324 e. The van der Waals surface area contributed by atoms with Gasteiger partial charge in [-0.25, -0.2) is 4.79 Å². The molecule has 2 aromatic rings. The summed E-state index contributed by atoms with van der Waals surface area (Å²) in [5, 5.41) is 7.20. The molecule has 27 heavy (non-hydrogen) atoms. The molecule has 8 heteroatoms. The molecule has 142 valence electrons. The molecule has 1 atom stereocenters. The van der Waals surface area contributed by atoms with Gasteiger partial charge in [-0.2, -0.15) is 0 Å². The Kier molecular flexibility index (Phi) is 4.78. The van der Waals surface area contributed by atoms with Gasteiger partial charge in [0.15, 0.2) is 0 Å². The Morgan fingerprint density at radius 3 is 2.89 bits per heavy atom. The van der Waals surface area contributed by atoms with Crippen molar-refractivity contribution in [3.63, 3.8) is 0 Å². The first-order chi connectivity index (χ1) is 13.0. The Morgan fingerprint density at radius 2 is 2.11 bits per heavy atom. The Balaban J connectivity index is 1.34. The molecule has 0 spiro atoms. The molecule has 1 saturated heterocycles. The van der Waals surface area contributed by atoms with E-state index in [4.69, 9.17) is 11.6 Å². The highest BCUT2D eigenvalue weighted by Crippen LogP contribution is 2.23. The zero-order valence-electron chi connectivity index (χ0n) is 14.8. The number of H-pyrrole nitrogens is 1. The van der Waals surface area contributed by atoms with E-state index in [1.807, 2.05) is 24.4 Å². The lowest BCUT2D eigenvalue weighted by Gasteiger charge is -2.12. The Labute approximate surface area is 161 Å². The zero-order chi connectivity index (χ0) is 19.0. The summed E-state index contributed by atoms with van der Waals surface area (Å²) in [6.07, 6.45) is 5.02. The number of halogens is 1. The van der Waals surface area contributed by atoms with Gasteiger partial charge in [0, 0.05) is 41.1 Å². The van der Waals surface area contributed by atoms with Crippen LogP contribution in [0, 0.1) is 0 Å². The minimum absolute atomic E-state index is 0.0614. The maximum atomic E-state index is 12.5. The van der Waals surface area contributed by atoms with Crippen LogP contribution < -0.4 is 10.6 Å². The molecule has 2 aliphatic rings. The number of nitrogens with zero attached hydrogens (tertiary/aromatic N) is 1. The number of carbonyl (C=O) groups is 3. The monoisotopic (exact) mass is 388 g/mol. The first-order valence-electron chi connectivity index (χ1n) is 9.18. The van der Waals surface area contributed by atoms with E-state index in [0.717, 1.165) is 29.3 Å². The summed E-state index contributed by atoms with van der Waals surface area (Å²) < 4.78 is 0. The van der Waals surface area contributed by atoms with Crippen molar-refractivity contribution in [3.8, 4) is 0 Å². The number of benzene rings is 1. The van der Waals surface area contributed by atoms with E-state index in [1.54, 1.807) is 0 Å². The molecule has 1 aliphatic carbocycles. The van der Waals surface area contributed by atoms with Crippen molar-refractivity contribution < 1.29 is 14.4 Å². The van der Waals surface area contributed by atoms with E-state index in [9.17, 15) is 14.4 Å². The third-order valence-corrected chi connectivity index (χ3v) is 5.28. The van der Waals surface area contributed by atoms with Gasteiger partial charge in [0.2, 0.25) is 5.91 Å². The van der Waals surface area contributed by atoms with E-state index in [1.165, 1.54) is 4.90 Å². The number of rotatable bonds is 7. The second kappa shape index (κ2) is 7.23. The minimum Gasteiger partial charge on any atom is -0.361 e. The standard InChI is InChI=1S/C19H21ClN4O3/c20-12-1-4-15-14(9-12)11(10-21-15)7-8-24-18(26)16(23-19(24)27)5-6-17(25)22-13-2-3-13/h1,4,9-10,13,16,21H,2-3,5-8H2,(H,22,25)(H,23,27)/t16-/m0/s1. The fourth-order valence-corrected chi connectivity index (χ4v) is 3.55. The number of aromatic amines is 1. The van der Waals surface area contributed by atoms with Gasteiger partial charge in [-0.1, -0.05) is 11.6 Å². The predicted molar refractivity (Wildman–Crippen MR) is 101 cm³/mol. The number of urea groups is 1. The Morgan fingerprint density at radius 1 is 1.30 bits per heavy atom. The molecule has 1 aromatic heterocycles. The highest BCUT2D eigenvalue weighted by atomic mass is 35.5. The number of hydrogen-bond donors (Lipinski definition) is 3. The average molecular weight is 389 g/mol. The molecule has 0 unspecified atom stereocenters. The second-order valence-corrected chi connectivity index (χ2v) is 7.56. The fourth-order valence-electron chi connectivity index (χ4n) is 3.38. The van der Waals surface area contributed by atoms with Crippen LogP contribution in [-0.2, 0) is 16.0 Å². The summed E-state index contributed by atoms with van der Waals surface area (Å²) >= 11 is 6.06. The maximum Gasteiger partial charge on any atom is 0.324 e. The van der Waals surface area contributed by atoms with Crippen molar-refractivity contribution in [1.82, 2.24) is 20.5 Å². The van der Waals surface area contributed by atoms with Crippen molar-refractivity contribution in [2.75, 3.05) is 6.54 Å². The molecule has 2 fully saturated rings. The SMILES string of the molecule is O=C(CC[C@@H]1NC(=O)N(CCc2c[nH]c3ccc(Cl)cc23)C1=O)NC1CC1. The van der Waals surface area contributed by atoms with E-state index < -0.39 is 12.1 Å². The molecule has 0 bridgehead atoms. The molecule has 1 aromatic carbocycles. The largest absolute Gasteiger partial charge is 0.361 e. The summed E-state index contributed by atoms with van der Waals surface area (Å²) in [6.45, 7) is 0.287. The van der Waals surface area contributed by atoms with Crippen molar-refractivity contribution in [2.24, 2.45) is 0 Å². The van der Waals surface area contributed by atoms with E-state index >= 15 is 0 Å². The minimum atomic E-state index is -0.625. The molecule has 1 aliphatic heterocycles. The van der Waals surface area contributed by atoms with Gasteiger partial charge in [0.1, 0.15) is 6.04 Å². The topological polar surface area (TPSA) is 94.3 Å². The van der Waals surface area contributed by atoms with Crippen molar-refractivity contribution in [1.29, 1.82) is 0 Å². The van der Waals surface area contributed by atoms with Gasteiger partial charge in [-0.3, -0.25) is 14.5 Å². The number of imide groups is 1. The van der Waals surface area contributed by atoms with Crippen molar-refractivity contribution in [3.05, 3.63) is 35.0 Å². The summed E-state index contributed by atoms with van der Waals surface area (Å²) in [5.41, 5.74) is 1.96. The van der Waals surface area contributed by atoms with Gasteiger partial charge in [0.25, 0.3) is 5.91 Å². The zero-order valence-corrected chi connectivity index (χ0v) is 15.5. The Bertz CT molecular complexity index is 905. The van der Waals surface area contributed by atoms with E-state index in [0.29, 0.717) is 23.9 Å². The molecule has 2 heterocycles. The number of hydrogen-bond acceptors (Lipinski definition) is 3. The van der Waals surface area contributed by atoms with Gasteiger partial charge in [-0.15, -0.1) is 0 Å². The van der Waals surface area contributed by atoms with Crippen molar-refractivity contribution >= 4 is 40.3 Å². The number of fused-ring (bicyclic) bond motifs is 1. The van der Waals surface area contributed by atoms with Gasteiger partial charge >= 0.3 is 6.03 Å². The number of nitrogens with one attached hydrogen (secondary N) is 3. The lowest BCUT2D eigenvalue weighted by Crippen LogP contribution is -2.34. The Hall–Kier alpha value is -2.54. The van der Waals surface area contributed by atoms with Crippen LogP contribution >= 0.6 is 11.6 Å². The lowest BCUT2D eigenvalue weighted by atomic mass is 10.1. The van der Waals surface area contributed by atoms with E-state index in [2.05, 4.69) is 15.6 Å². The van der Waals surface area contributed by atoms with E-state index in [-0.39, 0.29) is 24.8 Å². The van der Waals surface area contributed by atoms with Crippen LogP contribution in [-0.4, -0.2) is 46.4 Å². The second-order valence-electron chi connectivity index (χ2n) is 7.13. The molecule has 1 saturated carbocycles. The van der Waals surface area contributed by atoms with Crippen LogP contribution in [0.1, 0.15) is 31.2 Å². The maximum absolute atomic E-state index is 12.5. The molecular weight excluding hydrogens is 368 g/mol. The molecule has 7 nitrogen and oxygen atoms in total.